The molecule has 0 aromatic carbocycles. The Kier molecular flexibility index (Phi) is 64.7. The van der Waals surface area contributed by atoms with E-state index in [1.165, 1.54) is 0 Å². The first-order valence-electron chi connectivity index (χ1n) is 1.85. The first-order valence-corrected chi connectivity index (χ1v) is 5.55. The van der Waals surface area contributed by atoms with Crippen LogP contribution in [0.4, 0.5) is 0 Å². The zero-order valence-electron chi connectivity index (χ0n) is 7.99. The molecule has 0 aliphatic rings. The number of hydrogen-bond donors (Lipinski definition) is 0. The van der Waals surface area contributed by atoms with Gasteiger partial charge in [-0.2, -0.15) is 0 Å². The molecule has 0 bridgehead atoms. The maximum atomic E-state index is 8.41. The van der Waals surface area contributed by atoms with Crippen molar-refractivity contribution in [3.05, 3.63) is 0 Å². The zero-order valence-corrected chi connectivity index (χ0v) is 14.2. The molecule has 18 heteroatoms. The minimum absolute atomic E-state index is 0. The van der Waals surface area contributed by atoms with Gasteiger partial charge in [0.25, 0.3) is 0 Å². The van der Waals surface area contributed by atoms with Crippen LogP contribution in [0.25, 0.3) is 0 Å². The van der Waals surface area contributed by atoms with Gasteiger partial charge >= 0.3 is 46.9 Å². The second kappa shape index (κ2) is 31.5. The predicted octanol–water partition coefficient (Wildman–Crippen LogP) is -17.6. The quantitative estimate of drug-likeness (QED) is 0.352. The largest absolute Gasteiger partial charge is 3.00 e. The monoisotopic (exact) mass is 382 g/mol. The van der Waals surface area contributed by atoms with Crippen molar-refractivity contribution in [3.8, 4) is 0 Å². The van der Waals surface area contributed by atoms with Gasteiger partial charge in [0.2, 0.25) is 0 Å². The minimum Gasteiger partial charge on any atom is -0.357 e. The molecule has 0 aromatic heterocycles. The third-order valence-corrected chi connectivity index (χ3v) is 0. The van der Waals surface area contributed by atoms with E-state index < -0.39 is 43.1 Å². The smallest absolute Gasteiger partial charge is 0.357 e. The fraction of sp³-hybridized carbons (Fsp3) is 0. The van der Waals surface area contributed by atoms with Crippen LogP contribution in [0.1, 0.15) is 0 Å². The summed E-state index contributed by atoms with van der Waals surface area (Å²) in [6, 6.07) is 0. The van der Waals surface area contributed by atoms with E-state index in [2.05, 4.69) is 0 Å². The summed E-state index contributed by atoms with van der Waals surface area (Å²) in [7, 11) is -11.4. The second-order valence-electron chi connectivity index (χ2n) is 0.756. The van der Waals surface area contributed by atoms with Crippen LogP contribution in [0.2, 0.25) is 0 Å². The van der Waals surface area contributed by atoms with E-state index in [1.54, 1.807) is 0 Å². The molecule has 0 amide bonds. The summed E-state index contributed by atoms with van der Waals surface area (Å²) >= 11 is 0. The van der Waals surface area contributed by atoms with Crippen LogP contribution in [0.3, 0.4) is 0 Å². The Morgan fingerprint density at radius 2 is 0.333 bits per heavy atom. The SMILES string of the molecule is [Al+3].[Na+].[O-][Cl+2]([O-])[O-].[O-][Cl+2]([O-])[O-].[O-][Cl+2]([O-])[O-].[O-][Cl+2]([O-])[O-]. The van der Waals surface area contributed by atoms with Crippen molar-refractivity contribution in [1.29, 1.82) is 0 Å². The van der Waals surface area contributed by atoms with Crippen LogP contribution in [0.15, 0.2) is 0 Å². The van der Waals surface area contributed by atoms with Crippen molar-refractivity contribution in [1.82, 2.24) is 0 Å². The van der Waals surface area contributed by atoms with Crippen molar-refractivity contribution in [2.75, 3.05) is 0 Å². The third-order valence-electron chi connectivity index (χ3n) is 0. The number of halogens is 4. The Morgan fingerprint density at radius 3 is 0.333 bits per heavy atom. The third kappa shape index (κ3) is 1100. The van der Waals surface area contributed by atoms with E-state index >= 15 is 0 Å². The van der Waals surface area contributed by atoms with Gasteiger partial charge in [-0.3, -0.25) is 0 Å². The number of rotatable bonds is 0. The van der Waals surface area contributed by atoms with Crippen LogP contribution in [0.5, 0.6) is 0 Å². The number of hydrogen-bond acceptors (Lipinski definition) is 12. The van der Waals surface area contributed by atoms with E-state index in [0.717, 1.165) is 0 Å². The summed E-state index contributed by atoms with van der Waals surface area (Å²) in [5.41, 5.74) is 0. The van der Waals surface area contributed by atoms with Gasteiger partial charge in [-0.15, -0.1) is 0 Å². The maximum Gasteiger partial charge on any atom is 3.00 e. The van der Waals surface area contributed by atoms with Crippen molar-refractivity contribution in [2.24, 2.45) is 0 Å². The van der Waals surface area contributed by atoms with Crippen molar-refractivity contribution >= 4 is 17.4 Å². The minimum atomic E-state index is -2.85. The summed E-state index contributed by atoms with van der Waals surface area (Å²) in [4.78, 5) is 0. The Balaban J connectivity index is -0.0000000257. The van der Waals surface area contributed by atoms with Crippen LogP contribution < -0.4 is 85.5 Å². The molecule has 0 rings (SSSR count). The molecule has 0 aliphatic carbocycles. The van der Waals surface area contributed by atoms with Gasteiger partial charge in [0.15, 0.2) is 0 Å². The molecule has 18 heavy (non-hydrogen) atoms. The molecule has 0 spiro atoms. The standard InChI is InChI=1S/Al.4ClO3.Na/c;4*2-1(3)4;/q+3;4*-1;+1. The molecule has 0 fully saturated rings. The molecule has 0 heterocycles. The molecule has 0 N–H and O–H groups in total. The van der Waals surface area contributed by atoms with E-state index in [9.17, 15) is 0 Å². The van der Waals surface area contributed by atoms with E-state index in [1.807, 2.05) is 0 Å². The molecule has 0 unspecified atom stereocenters. The normalized spacial score (nSPS) is 8.00. The van der Waals surface area contributed by atoms with Crippen molar-refractivity contribution < 1.29 is 129 Å². The van der Waals surface area contributed by atoms with Crippen LogP contribution in [-0.2, 0) is 0 Å². The molecule has 0 aromatic rings. The van der Waals surface area contributed by atoms with Crippen LogP contribution in [-0.4, -0.2) is 17.4 Å². The summed E-state index contributed by atoms with van der Waals surface area (Å²) in [5, 5.41) is 0. The first-order chi connectivity index (χ1) is 6.93. The summed E-state index contributed by atoms with van der Waals surface area (Å²) in [6.07, 6.45) is 0. The molecule has 0 saturated carbocycles. The molecule has 104 valence electrons. The van der Waals surface area contributed by atoms with Crippen LogP contribution >= 0.6 is 0 Å². The van der Waals surface area contributed by atoms with Gasteiger partial charge in [0, 0.05) is 0 Å². The van der Waals surface area contributed by atoms with Crippen LogP contribution in [0, 0.1) is 43.1 Å². The zero-order chi connectivity index (χ0) is 14.3. The topological polar surface area (TPSA) is 277 Å². The summed E-state index contributed by atoms with van der Waals surface area (Å²) in [6.45, 7) is 0. The fourth-order valence-electron chi connectivity index (χ4n) is 0. The Hall–Kier alpha value is 2.21. The predicted molar refractivity (Wildman–Crippen MR) is 5.75 cm³/mol. The Labute approximate surface area is 145 Å². The van der Waals surface area contributed by atoms with Gasteiger partial charge < -0.3 is 55.9 Å². The second-order valence-corrected chi connectivity index (χ2v) is 2.27. The summed E-state index contributed by atoms with van der Waals surface area (Å²) < 4.78 is 101. The molecular weight excluding hydrogens is 384 g/mol. The van der Waals surface area contributed by atoms with Gasteiger partial charge in [-0.25, -0.2) is 0 Å². The molecule has 12 nitrogen and oxygen atoms in total. The van der Waals surface area contributed by atoms with Crippen molar-refractivity contribution in [3.63, 3.8) is 0 Å². The molecule has 0 atom stereocenters. The van der Waals surface area contributed by atoms with E-state index in [-0.39, 0.29) is 46.9 Å². The summed E-state index contributed by atoms with van der Waals surface area (Å²) in [5.74, 6) is 0. The average Bonchev–Trinajstić information content (AvgIpc) is 1.76. The first kappa shape index (κ1) is 36.9. The molecule has 0 saturated heterocycles. The van der Waals surface area contributed by atoms with Crippen molar-refractivity contribution in [2.45, 2.75) is 0 Å². The fourth-order valence-corrected chi connectivity index (χ4v) is 0. The van der Waals surface area contributed by atoms with Gasteiger partial charge in [-0.05, 0) is 0 Å². The van der Waals surface area contributed by atoms with E-state index in [0.29, 0.717) is 0 Å². The van der Waals surface area contributed by atoms with E-state index in [4.69, 9.17) is 55.9 Å². The molecule has 0 aliphatic heterocycles. The maximum absolute atomic E-state index is 8.41. The van der Waals surface area contributed by atoms with Gasteiger partial charge in [0.05, 0.1) is 43.1 Å². The average molecular weight is 384 g/mol. The molecular formula is AlCl4NaO12. The Morgan fingerprint density at radius 1 is 0.333 bits per heavy atom. The van der Waals surface area contributed by atoms with Gasteiger partial charge in [0.1, 0.15) is 0 Å². The van der Waals surface area contributed by atoms with Gasteiger partial charge in [-0.1, -0.05) is 0 Å². The Bertz CT molecular complexity index is 67.1. The molecule has 0 radical (unpaired) electrons.